The molecule has 2 rings (SSSR count). The molecule has 0 aliphatic rings. The molecule has 5 heteroatoms. The number of aliphatic hydroxyl groups is 1. The van der Waals surface area contributed by atoms with E-state index in [4.69, 9.17) is 5.11 Å². The van der Waals surface area contributed by atoms with E-state index in [1.807, 2.05) is 12.1 Å². The SMILES string of the molecule is CN(C)CCn1c(CCCO)nc2cccnc21. The Morgan fingerprint density at radius 1 is 1.39 bits per heavy atom. The molecular formula is C13H20N4O. The lowest BCUT2D eigenvalue weighted by atomic mass is 10.3. The Morgan fingerprint density at radius 2 is 2.22 bits per heavy atom. The molecule has 2 aromatic rings. The second kappa shape index (κ2) is 5.93. The molecule has 0 aliphatic heterocycles. The maximum atomic E-state index is 8.95. The summed E-state index contributed by atoms with van der Waals surface area (Å²) in [4.78, 5) is 11.1. The fraction of sp³-hybridized carbons (Fsp3) is 0.538. The Morgan fingerprint density at radius 3 is 2.94 bits per heavy atom. The maximum Gasteiger partial charge on any atom is 0.160 e. The maximum absolute atomic E-state index is 8.95. The Bertz CT molecular complexity index is 507. The summed E-state index contributed by atoms with van der Waals surface area (Å²) in [7, 11) is 4.11. The van der Waals surface area contributed by atoms with Crippen molar-refractivity contribution in [2.24, 2.45) is 0 Å². The first-order valence-electron chi connectivity index (χ1n) is 6.28. The van der Waals surface area contributed by atoms with Crippen LogP contribution in [-0.2, 0) is 13.0 Å². The molecule has 0 amide bonds. The van der Waals surface area contributed by atoms with Gasteiger partial charge in [0.2, 0.25) is 0 Å². The molecule has 0 bridgehead atoms. The Balaban J connectivity index is 2.31. The topological polar surface area (TPSA) is 54.2 Å². The third kappa shape index (κ3) is 2.86. The van der Waals surface area contributed by atoms with Crippen molar-refractivity contribution in [3.8, 4) is 0 Å². The first kappa shape index (κ1) is 13.0. The molecule has 0 fully saturated rings. The van der Waals surface area contributed by atoms with Gasteiger partial charge in [0.15, 0.2) is 5.65 Å². The molecule has 98 valence electrons. The van der Waals surface area contributed by atoms with E-state index in [2.05, 4.69) is 33.5 Å². The number of nitrogens with zero attached hydrogens (tertiary/aromatic N) is 4. The molecule has 2 aromatic heterocycles. The Kier molecular flexibility index (Phi) is 4.28. The molecule has 2 heterocycles. The fourth-order valence-corrected chi connectivity index (χ4v) is 1.97. The van der Waals surface area contributed by atoms with Crippen molar-refractivity contribution in [3.05, 3.63) is 24.2 Å². The van der Waals surface area contributed by atoms with E-state index in [9.17, 15) is 0 Å². The first-order valence-corrected chi connectivity index (χ1v) is 6.28. The largest absolute Gasteiger partial charge is 0.396 e. The lowest BCUT2D eigenvalue weighted by Gasteiger charge is -2.12. The van der Waals surface area contributed by atoms with Crippen LogP contribution in [0.2, 0.25) is 0 Å². The number of likely N-dealkylation sites (N-methyl/N-ethyl adjacent to an activating group) is 1. The third-order valence-electron chi connectivity index (χ3n) is 2.91. The average molecular weight is 248 g/mol. The van der Waals surface area contributed by atoms with Crippen LogP contribution in [0.4, 0.5) is 0 Å². The molecule has 0 aromatic carbocycles. The smallest absolute Gasteiger partial charge is 0.160 e. The van der Waals surface area contributed by atoms with Crippen molar-refractivity contribution in [1.82, 2.24) is 19.4 Å². The van der Waals surface area contributed by atoms with Gasteiger partial charge in [-0.1, -0.05) is 0 Å². The summed E-state index contributed by atoms with van der Waals surface area (Å²) < 4.78 is 2.16. The summed E-state index contributed by atoms with van der Waals surface area (Å²) in [6.45, 7) is 2.03. The van der Waals surface area contributed by atoms with Gasteiger partial charge in [0.1, 0.15) is 11.3 Å². The first-order chi connectivity index (χ1) is 8.72. The lowest BCUT2D eigenvalue weighted by molar-refractivity contribution is 0.286. The van der Waals surface area contributed by atoms with Gasteiger partial charge in [-0.25, -0.2) is 9.97 Å². The molecule has 0 saturated heterocycles. The highest BCUT2D eigenvalue weighted by atomic mass is 16.2. The highest BCUT2D eigenvalue weighted by Crippen LogP contribution is 2.14. The summed E-state index contributed by atoms with van der Waals surface area (Å²) in [6, 6.07) is 3.89. The van der Waals surface area contributed by atoms with Crippen LogP contribution in [0.15, 0.2) is 18.3 Å². The number of hydrogen-bond donors (Lipinski definition) is 1. The number of aromatic nitrogens is 3. The van der Waals surface area contributed by atoms with Crippen LogP contribution in [0.5, 0.6) is 0 Å². The van der Waals surface area contributed by atoms with Gasteiger partial charge in [0.05, 0.1) is 0 Å². The van der Waals surface area contributed by atoms with Crippen LogP contribution in [0.1, 0.15) is 12.2 Å². The average Bonchev–Trinajstić information content (AvgIpc) is 2.71. The minimum Gasteiger partial charge on any atom is -0.396 e. The van der Waals surface area contributed by atoms with Crippen molar-refractivity contribution in [3.63, 3.8) is 0 Å². The summed E-state index contributed by atoms with van der Waals surface area (Å²) in [5.74, 6) is 1.01. The minimum atomic E-state index is 0.199. The highest BCUT2D eigenvalue weighted by Gasteiger charge is 2.10. The van der Waals surface area contributed by atoms with Crippen molar-refractivity contribution < 1.29 is 5.11 Å². The van der Waals surface area contributed by atoms with Gasteiger partial charge in [-0.15, -0.1) is 0 Å². The molecular weight excluding hydrogens is 228 g/mol. The lowest BCUT2D eigenvalue weighted by Crippen LogP contribution is -2.19. The highest BCUT2D eigenvalue weighted by molar-refractivity contribution is 5.71. The van der Waals surface area contributed by atoms with Gasteiger partial charge in [-0.05, 0) is 32.6 Å². The zero-order valence-electron chi connectivity index (χ0n) is 11.0. The van der Waals surface area contributed by atoms with E-state index < -0.39 is 0 Å². The van der Waals surface area contributed by atoms with Crippen molar-refractivity contribution >= 4 is 11.2 Å². The normalized spacial score (nSPS) is 11.6. The number of fused-ring (bicyclic) bond motifs is 1. The number of hydrogen-bond acceptors (Lipinski definition) is 4. The molecule has 0 atom stereocenters. The number of imidazole rings is 1. The quantitative estimate of drug-likeness (QED) is 0.826. The zero-order chi connectivity index (χ0) is 13.0. The second-order valence-corrected chi connectivity index (χ2v) is 4.66. The van der Waals surface area contributed by atoms with E-state index in [1.165, 1.54) is 0 Å². The van der Waals surface area contributed by atoms with Crippen molar-refractivity contribution in [1.29, 1.82) is 0 Å². The van der Waals surface area contributed by atoms with Gasteiger partial charge in [-0.3, -0.25) is 0 Å². The summed E-state index contributed by atoms with van der Waals surface area (Å²) in [6.07, 6.45) is 3.33. The molecule has 5 nitrogen and oxygen atoms in total. The monoisotopic (exact) mass is 248 g/mol. The van der Waals surface area contributed by atoms with E-state index in [-0.39, 0.29) is 6.61 Å². The number of aryl methyl sites for hydroxylation is 1. The van der Waals surface area contributed by atoms with Gasteiger partial charge in [0.25, 0.3) is 0 Å². The van der Waals surface area contributed by atoms with E-state index >= 15 is 0 Å². The van der Waals surface area contributed by atoms with Gasteiger partial charge >= 0.3 is 0 Å². The third-order valence-corrected chi connectivity index (χ3v) is 2.91. The predicted octanol–water partition coefficient (Wildman–Crippen LogP) is 0.918. The molecule has 18 heavy (non-hydrogen) atoms. The van der Waals surface area contributed by atoms with Crippen LogP contribution in [-0.4, -0.2) is 51.8 Å². The van der Waals surface area contributed by atoms with Crippen LogP contribution in [0.3, 0.4) is 0 Å². The Labute approximate surface area is 107 Å². The standard InChI is InChI=1S/C13H20N4O/c1-16(2)8-9-17-12(6-4-10-18)15-11-5-3-7-14-13(11)17/h3,5,7,18H,4,6,8-10H2,1-2H3. The van der Waals surface area contributed by atoms with Crippen LogP contribution in [0, 0.1) is 0 Å². The fourth-order valence-electron chi connectivity index (χ4n) is 1.97. The second-order valence-electron chi connectivity index (χ2n) is 4.66. The van der Waals surface area contributed by atoms with E-state index in [0.29, 0.717) is 0 Å². The minimum absolute atomic E-state index is 0.199. The van der Waals surface area contributed by atoms with Crippen LogP contribution >= 0.6 is 0 Å². The van der Waals surface area contributed by atoms with Gasteiger partial charge < -0.3 is 14.6 Å². The van der Waals surface area contributed by atoms with E-state index in [1.54, 1.807) is 6.20 Å². The summed E-state index contributed by atoms with van der Waals surface area (Å²) in [5, 5.41) is 8.95. The van der Waals surface area contributed by atoms with Crippen LogP contribution < -0.4 is 0 Å². The molecule has 0 spiro atoms. The molecule has 1 N–H and O–H groups in total. The predicted molar refractivity (Wildman–Crippen MR) is 71.5 cm³/mol. The zero-order valence-corrected chi connectivity index (χ0v) is 11.0. The number of rotatable bonds is 6. The van der Waals surface area contributed by atoms with Crippen LogP contribution in [0.25, 0.3) is 11.2 Å². The van der Waals surface area contributed by atoms with Crippen molar-refractivity contribution in [2.75, 3.05) is 27.2 Å². The molecule has 0 unspecified atom stereocenters. The van der Waals surface area contributed by atoms with Gasteiger partial charge in [0, 0.05) is 32.3 Å². The Hall–Kier alpha value is -1.46. The summed E-state index contributed by atoms with van der Waals surface area (Å²) in [5.41, 5.74) is 1.87. The number of pyridine rings is 1. The molecule has 0 aliphatic carbocycles. The van der Waals surface area contributed by atoms with Crippen molar-refractivity contribution in [2.45, 2.75) is 19.4 Å². The van der Waals surface area contributed by atoms with E-state index in [0.717, 1.165) is 42.9 Å². The molecule has 0 saturated carbocycles. The summed E-state index contributed by atoms with van der Waals surface area (Å²) >= 11 is 0. The molecule has 0 radical (unpaired) electrons. The number of aliphatic hydroxyl groups excluding tert-OH is 1. The van der Waals surface area contributed by atoms with Gasteiger partial charge in [-0.2, -0.15) is 0 Å².